The Balaban J connectivity index is 0.00000192. The standard InChI is InChI=1S/C18H12BrN3.ClH/c19-14-8-6-13(7-9-14)17-10-15(12-4-2-1-3-5-12)16(11-20)18(21)22-17;/h1-10H,(H2,21,22);1H. The molecule has 3 aromatic rings. The molecule has 0 saturated carbocycles. The molecule has 3 nitrogen and oxygen atoms in total. The second-order valence-electron chi connectivity index (χ2n) is 4.80. The van der Waals surface area contributed by atoms with Crippen LogP contribution in [0, 0.1) is 11.3 Å². The smallest absolute Gasteiger partial charge is 0.142 e. The van der Waals surface area contributed by atoms with E-state index in [1.54, 1.807) is 0 Å². The van der Waals surface area contributed by atoms with Crippen molar-refractivity contribution in [3.05, 3.63) is 70.7 Å². The molecule has 0 spiro atoms. The van der Waals surface area contributed by atoms with Crippen LogP contribution >= 0.6 is 28.3 Å². The Morgan fingerprint density at radius 3 is 2.22 bits per heavy atom. The summed E-state index contributed by atoms with van der Waals surface area (Å²) >= 11 is 3.42. The van der Waals surface area contributed by atoms with Gasteiger partial charge in [0, 0.05) is 15.6 Å². The molecule has 0 bridgehead atoms. The summed E-state index contributed by atoms with van der Waals surface area (Å²) in [7, 11) is 0. The van der Waals surface area contributed by atoms with E-state index in [0.717, 1.165) is 26.9 Å². The fourth-order valence-electron chi connectivity index (χ4n) is 2.30. The molecule has 114 valence electrons. The number of pyridine rings is 1. The van der Waals surface area contributed by atoms with Crippen molar-refractivity contribution in [3.8, 4) is 28.5 Å². The highest BCUT2D eigenvalue weighted by Gasteiger charge is 2.13. The zero-order chi connectivity index (χ0) is 15.5. The fourth-order valence-corrected chi connectivity index (χ4v) is 2.56. The molecule has 0 unspecified atom stereocenters. The lowest BCUT2D eigenvalue weighted by Gasteiger charge is -2.10. The number of nitrogens with zero attached hydrogens (tertiary/aromatic N) is 2. The van der Waals surface area contributed by atoms with Crippen molar-refractivity contribution in [3.63, 3.8) is 0 Å². The van der Waals surface area contributed by atoms with Gasteiger partial charge in [-0.2, -0.15) is 5.26 Å². The molecule has 0 aliphatic heterocycles. The number of aromatic nitrogens is 1. The number of nitrogens with two attached hydrogens (primary N) is 1. The van der Waals surface area contributed by atoms with Crippen LogP contribution in [0.15, 0.2) is 65.1 Å². The maximum Gasteiger partial charge on any atom is 0.142 e. The van der Waals surface area contributed by atoms with Crippen LogP contribution in [0.4, 0.5) is 5.82 Å². The van der Waals surface area contributed by atoms with Crippen LogP contribution in [-0.4, -0.2) is 4.98 Å². The Bertz CT molecular complexity index is 856. The molecule has 2 aromatic carbocycles. The minimum Gasteiger partial charge on any atom is -0.383 e. The summed E-state index contributed by atoms with van der Waals surface area (Å²) in [6, 6.07) is 21.6. The van der Waals surface area contributed by atoms with E-state index in [-0.39, 0.29) is 18.2 Å². The summed E-state index contributed by atoms with van der Waals surface area (Å²) in [5, 5.41) is 9.38. The quantitative estimate of drug-likeness (QED) is 0.670. The normalized spacial score (nSPS) is 9.74. The molecular weight excluding hydrogens is 374 g/mol. The van der Waals surface area contributed by atoms with Crippen LogP contribution in [-0.2, 0) is 0 Å². The Labute approximate surface area is 149 Å². The lowest BCUT2D eigenvalue weighted by Crippen LogP contribution is -1.99. The first kappa shape index (κ1) is 17.0. The topological polar surface area (TPSA) is 62.7 Å². The third-order valence-corrected chi connectivity index (χ3v) is 3.91. The van der Waals surface area contributed by atoms with E-state index in [0.29, 0.717) is 5.56 Å². The van der Waals surface area contributed by atoms with Crippen LogP contribution in [0.5, 0.6) is 0 Å². The van der Waals surface area contributed by atoms with Crippen molar-refractivity contribution in [2.75, 3.05) is 5.73 Å². The van der Waals surface area contributed by atoms with Gasteiger partial charge in [-0.3, -0.25) is 0 Å². The Kier molecular flexibility index (Phi) is 5.38. The molecule has 0 aliphatic carbocycles. The van der Waals surface area contributed by atoms with Crippen LogP contribution < -0.4 is 5.73 Å². The highest BCUT2D eigenvalue weighted by Crippen LogP contribution is 2.31. The predicted molar refractivity (Wildman–Crippen MR) is 99.2 cm³/mol. The summed E-state index contributed by atoms with van der Waals surface area (Å²) in [6.07, 6.45) is 0. The zero-order valence-electron chi connectivity index (χ0n) is 12.0. The van der Waals surface area contributed by atoms with Gasteiger partial charge in [-0.05, 0) is 23.8 Å². The van der Waals surface area contributed by atoms with Gasteiger partial charge in [-0.1, -0.05) is 58.4 Å². The van der Waals surface area contributed by atoms with Crippen molar-refractivity contribution in [2.24, 2.45) is 0 Å². The average molecular weight is 387 g/mol. The van der Waals surface area contributed by atoms with E-state index in [9.17, 15) is 5.26 Å². The lowest BCUT2D eigenvalue weighted by molar-refractivity contribution is 1.31. The first-order chi connectivity index (χ1) is 10.7. The molecule has 0 saturated heterocycles. The SMILES string of the molecule is Cl.N#Cc1c(-c2ccccc2)cc(-c2ccc(Br)cc2)nc1N. The van der Waals surface area contributed by atoms with E-state index in [1.807, 2.05) is 60.7 Å². The third kappa shape index (κ3) is 3.53. The van der Waals surface area contributed by atoms with Gasteiger partial charge in [0.1, 0.15) is 17.5 Å². The zero-order valence-corrected chi connectivity index (χ0v) is 14.4. The predicted octanol–water partition coefficient (Wildman–Crippen LogP) is 5.05. The minimum atomic E-state index is 0. The summed E-state index contributed by atoms with van der Waals surface area (Å²) < 4.78 is 1.00. The monoisotopic (exact) mass is 385 g/mol. The summed E-state index contributed by atoms with van der Waals surface area (Å²) in [5.41, 5.74) is 9.86. The van der Waals surface area contributed by atoms with Gasteiger partial charge in [0.25, 0.3) is 0 Å². The Hall–Kier alpha value is -2.35. The molecule has 0 radical (unpaired) electrons. The van der Waals surface area contributed by atoms with E-state index in [1.165, 1.54) is 0 Å². The molecule has 23 heavy (non-hydrogen) atoms. The van der Waals surface area contributed by atoms with Crippen LogP contribution in [0.2, 0.25) is 0 Å². The molecule has 5 heteroatoms. The highest BCUT2D eigenvalue weighted by atomic mass is 79.9. The van der Waals surface area contributed by atoms with Gasteiger partial charge >= 0.3 is 0 Å². The average Bonchev–Trinajstić information content (AvgIpc) is 2.55. The third-order valence-electron chi connectivity index (χ3n) is 3.38. The van der Waals surface area contributed by atoms with Crippen molar-refractivity contribution in [1.82, 2.24) is 4.98 Å². The Morgan fingerprint density at radius 1 is 0.957 bits per heavy atom. The van der Waals surface area contributed by atoms with Gasteiger partial charge in [0.15, 0.2) is 0 Å². The number of nitriles is 1. The maximum absolute atomic E-state index is 9.38. The number of hydrogen-bond acceptors (Lipinski definition) is 3. The van der Waals surface area contributed by atoms with Gasteiger partial charge in [0.2, 0.25) is 0 Å². The molecule has 0 fully saturated rings. The minimum absolute atomic E-state index is 0. The van der Waals surface area contributed by atoms with Crippen molar-refractivity contribution in [2.45, 2.75) is 0 Å². The van der Waals surface area contributed by atoms with E-state index < -0.39 is 0 Å². The van der Waals surface area contributed by atoms with E-state index in [4.69, 9.17) is 5.73 Å². The largest absolute Gasteiger partial charge is 0.383 e. The summed E-state index contributed by atoms with van der Waals surface area (Å²) in [4.78, 5) is 4.37. The number of benzene rings is 2. The second kappa shape index (κ2) is 7.28. The molecule has 1 heterocycles. The lowest BCUT2D eigenvalue weighted by atomic mass is 9.98. The van der Waals surface area contributed by atoms with E-state index >= 15 is 0 Å². The van der Waals surface area contributed by atoms with Crippen molar-refractivity contribution < 1.29 is 0 Å². The number of hydrogen-bond donors (Lipinski definition) is 1. The molecular formula is C18H13BrClN3. The fraction of sp³-hybridized carbons (Fsp3) is 0. The number of anilines is 1. The van der Waals surface area contributed by atoms with Crippen molar-refractivity contribution >= 4 is 34.2 Å². The summed E-state index contributed by atoms with van der Waals surface area (Å²) in [5.74, 6) is 0.252. The number of nitrogen functional groups attached to an aromatic ring is 1. The molecule has 0 atom stereocenters. The van der Waals surface area contributed by atoms with Gasteiger partial charge < -0.3 is 5.73 Å². The van der Waals surface area contributed by atoms with Crippen molar-refractivity contribution in [1.29, 1.82) is 5.26 Å². The van der Waals surface area contributed by atoms with Crippen LogP contribution in [0.25, 0.3) is 22.4 Å². The van der Waals surface area contributed by atoms with Gasteiger partial charge in [-0.25, -0.2) is 4.98 Å². The van der Waals surface area contributed by atoms with E-state index in [2.05, 4.69) is 27.0 Å². The molecule has 2 N–H and O–H groups in total. The molecule has 0 aliphatic rings. The maximum atomic E-state index is 9.38. The van der Waals surface area contributed by atoms with Gasteiger partial charge in [0.05, 0.1) is 5.69 Å². The summed E-state index contributed by atoms with van der Waals surface area (Å²) in [6.45, 7) is 0. The molecule has 0 amide bonds. The number of halogens is 2. The first-order valence-corrected chi connectivity index (χ1v) is 7.50. The number of rotatable bonds is 2. The first-order valence-electron chi connectivity index (χ1n) is 6.71. The second-order valence-corrected chi connectivity index (χ2v) is 5.72. The molecule has 3 rings (SSSR count). The molecule has 1 aromatic heterocycles. The van der Waals surface area contributed by atoms with Crippen LogP contribution in [0.3, 0.4) is 0 Å². The highest BCUT2D eigenvalue weighted by molar-refractivity contribution is 9.10. The Morgan fingerprint density at radius 2 is 1.61 bits per heavy atom. The van der Waals surface area contributed by atoms with Gasteiger partial charge in [-0.15, -0.1) is 12.4 Å². The van der Waals surface area contributed by atoms with Crippen LogP contribution in [0.1, 0.15) is 5.56 Å².